The van der Waals surface area contributed by atoms with Crippen LogP contribution in [0.1, 0.15) is 37.0 Å². The fourth-order valence-corrected chi connectivity index (χ4v) is 2.39. The third-order valence-electron chi connectivity index (χ3n) is 3.61. The van der Waals surface area contributed by atoms with E-state index in [2.05, 4.69) is 62.9 Å². The molecule has 1 nitrogen and oxygen atoms in total. The van der Waals surface area contributed by atoms with Gasteiger partial charge in [0.2, 0.25) is 0 Å². The Hall–Kier alpha value is -2.20. The molecule has 0 aliphatic rings. The molecule has 0 spiro atoms. The molecule has 0 heterocycles. The highest BCUT2D eigenvalue weighted by atomic mass is 16.5. The van der Waals surface area contributed by atoms with Gasteiger partial charge in [-0.2, -0.15) is 0 Å². The summed E-state index contributed by atoms with van der Waals surface area (Å²) < 4.78 is 5.87. The average Bonchev–Trinajstić information content (AvgIpc) is 2.54. The molecule has 22 heavy (non-hydrogen) atoms. The molecular weight excluding hydrogens is 268 g/mol. The molecule has 0 radical (unpaired) electrons. The van der Waals surface area contributed by atoms with E-state index in [1.54, 1.807) is 0 Å². The molecule has 0 saturated carbocycles. The Balaban J connectivity index is 1.97. The van der Waals surface area contributed by atoms with Crippen LogP contribution >= 0.6 is 0 Å². The summed E-state index contributed by atoms with van der Waals surface area (Å²) in [6, 6.07) is 16.6. The van der Waals surface area contributed by atoms with E-state index in [-0.39, 0.29) is 0 Å². The first-order valence-corrected chi connectivity index (χ1v) is 7.93. The van der Waals surface area contributed by atoms with Gasteiger partial charge in [0.15, 0.2) is 0 Å². The van der Waals surface area contributed by atoms with Gasteiger partial charge in [-0.15, -0.1) is 5.92 Å². The third-order valence-corrected chi connectivity index (χ3v) is 3.61. The van der Waals surface area contributed by atoms with Gasteiger partial charge < -0.3 is 4.74 Å². The quantitative estimate of drug-likeness (QED) is 0.691. The van der Waals surface area contributed by atoms with Crippen molar-refractivity contribution in [2.45, 2.75) is 40.2 Å². The number of hydrogen-bond donors (Lipinski definition) is 0. The van der Waals surface area contributed by atoms with Crippen molar-refractivity contribution in [2.75, 3.05) is 0 Å². The first-order chi connectivity index (χ1) is 10.7. The van der Waals surface area contributed by atoms with Crippen molar-refractivity contribution < 1.29 is 4.74 Å². The maximum absolute atomic E-state index is 5.87. The van der Waals surface area contributed by atoms with Crippen LogP contribution in [0.25, 0.3) is 0 Å². The molecule has 0 aliphatic carbocycles. The molecule has 2 aromatic carbocycles. The van der Waals surface area contributed by atoms with Crippen molar-refractivity contribution in [1.82, 2.24) is 0 Å². The van der Waals surface area contributed by atoms with Gasteiger partial charge in [0.1, 0.15) is 12.4 Å². The number of aryl methyl sites for hydroxylation is 1. The van der Waals surface area contributed by atoms with E-state index < -0.39 is 0 Å². The van der Waals surface area contributed by atoms with Crippen molar-refractivity contribution in [3.05, 3.63) is 65.2 Å². The van der Waals surface area contributed by atoms with E-state index in [4.69, 9.17) is 4.74 Å². The van der Waals surface area contributed by atoms with Gasteiger partial charge in [-0.3, -0.25) is 0 Å². The molecule has 2 rings (SSSR count). The third kappa shape index (κ3) is 4.97. The van der Waals surface area contributed by atoms with Crippen LogP contribution in [0.3, 0.4) is 0 Å². The van der Waals surface area contributed by atoms with Crippen molar-refractivity contribution in [1.29, 1.82) is 0 Å². The van der Waals surface area contributed by atoms with Gasteiger partial charge in [0.05, 0.1) is 0 Å². The van der Waals surface area contributed by atoms with E-state index in [1.807, 2.05) is 18.2 Å². The zero-order chi connectivity index (χ0) is 15.8. The van der Waals surface area contributed by atoms with Gasteiger partial charge >= 0.3 is 0 Å². The van der Waals surface area contributed by atoms with Crippen LogP contribution in [-0.2, 0) is 13.0 Å². The Kier molecular flexibility index (Phi) is 6.10. The molecule has 0 amide bonds. The summed E-state index contributed by atoms with van der Waals surface area (Å²) >= 11 is 0. The maximum Gasteiger partial charge on any atom is 0.120 e. The summed E-state index contributed by atoms with van der Waals surface area (Å²) in [4.78, 5) is 0. The molecule has 1 unspecified atom stereocenters. The second-order valence-electron chi connectivity index (χ2n) is 5.64. The Morgan fingerprint density at radius 1 is 1.09 bits per heavy atom. The highest BCUT2D eigenvalue weighted by molar-refractivity contribution is 5.35. The molecule has 0 aliphatic heterocycles. The van der Waals surface area contributed by atoms with Gasteiger partial charge in [0, 0.05) is 12.3 Å². The van der Waals surface area contributed by atoms with E-state index in [1.165, 1.54) is 16.7 Å². The topological polar surface area (TPSA) is 9.23 Å². The molecule has 1 heteroatoms. The lowest BCUT2D eigenvalue weighted by molar-refractivity contribution is 0.306. The molecule has 0 fully saturated rings. The molecule has 0 N–H and O–H groups in total. The van der Waals surface area contributed by atoms with Crippen molar-refractivity contribution in [2.24, 2.45) is 5.92 Å². The van der Waals surface area contributed by atoms with Crippen LogP contribution in [0.15, 0.2) is 48.5 Å². The average molecular weight is 292 g/mol. The van der Waals surface area contributed by atoms with Crippen LogP contribution in [0.5, 0.6) is 5.75 Å². The van der Waals surface area contributed by atoms with E-state index >= 15 is 0 Å². The fourth-order valence-electron chi connectivity index (χ4n) is 2.39. The van der Waals surface area contributed by atoms with Crippen molar-refractivity contribution >= 4 is 0 Å². The van der Waals surface area contributed by atoms with Crippen LogP contribution in [0, 0.1) is 24.7 Å². The standard InChI is InChI=1S/C21H24O/c1-4-5-9-17(2)14-20-12-13-21(15-18(20)3)22-16-19-10-7-6-8-11-19/h6-8,10-13,15,17H,4,14,16H2,1-3H3. The summed E-state index contributed by atoms with van der Waals surface area (Å²) in [6.07, 6.45) is 1.92. The van der Waals surface area contributed by atoms with Crippen LogP contribution in [0.2, 0.25) is 0 Å². The van der Waals surface area contributed by atoms with Gasteiger partial charge in [-0.1, -0.05) is 56.2 Å². The monoisotopic (exact) mass is 292 g/mol. The normalized spacial score (nSPS) is 11.4. The molecule has 0 bridgehead atoms. The summed E-state index contributed by atoms with van der Waals surface area (Å²) in [5.41, 5.74) is 3.81. The summed E-state index contributed by atoms with van der Waals surface area (Å²) in [7, 11) is 0. The molecule has 2 aromatic rings. The first kappa shape index (κ1) is 16.2. The minimum Gasteiger partial charge on any atom is -0.489 e. The van der Waals surface area contributed by atoms with E-state index in [9.17, 15) is 0 Å². The lowest BCUT2D eigenvalue weighted by Gasteiger charge is -2.11. The molecule has 0 saturated heterocycles. The van der Waals surface area contributed by atoms with E-state index in [0.29, 0.717) is 12.5 Å². The summed E-state index contributed by atoms with van der Waals surface area (Å²) in [6.45, 7) is 7.02. The maximum atomic E-state index is 5.87. The number of benzene rings is 2. The summed E-state index contributed by atoms with van der Waals surface area (Å²) in [5, 5.41) is 0. The SMILES string of the molecule is CCC#CC(C)Cc1ccc(OCc2ccccc2)cc1C. The van der Waals surface area contributed by atoms with Gasteiger partial charge in [0.25, 0.3) is 0 Å². The van der Waals surface area contributed by atoms with Gasteiger partial charge in [-0.25, -0.2) is 0 Å². The Morgan fingerprint density at radius 2 is 1.86 bits per heavy atom. The lowest BCUT2D eigenvalue weighted by Crippen LogP contribution is -2.00. The predicted molar refractivity (Wildman–Crippen MR) is 92.9 cm³/mol. The predicted octanol–water partition coefficient (Wildman–Crippen LogP) is 5.17. The minimum absolute atomic E-state index is 0.398. The highest BCUT2D eigenvalue weighted by Gasteiger charge is 2.05. The van der Waals surface area contributed by atoms with Crippen molar-refractivity contribution in [3.8, 4) is 17.6 Å². The smallest absolute Gasteiger partial charge is 0.120 e. The Morgan fingerprint density at radius 3 is 2.55 bits per heavy atom. The molecular formula is C21H24O. The number of rotatable bonds is 5. The van der Waals surface area contributed by atoms with Crippen molar-refractivity contribution in [3.63, 3.8) is 0 Å². The zero-order valence-electron chi connectivity index (χ0n) is 13.7. The van der Waals surface area contributed by atoms with Crippen LogP contribution in [-0.4, -0.2) is 0 Å². The first-order valence-electron chi connectivity index (χ1n) is 7.93. The van der Waals surface area contributed by atoms with Crippen LogP contribution in [0.4, 0.5) is 0 Å². The molecule has 1 atom stereocenters. The van der Waals surface area contributed by atoms with E-state index in [0.717, 1.165) is 18.6 Å². The summed E-state index contributed by atoms with van der Waals surface area (Å²) in [5.74, 6) is 7.78. The molecule has 114 valence electrons. The lowest BCUT2D eigenvalue weighted by atomic mass is 9.97. The Labute approximate surface area is 134 Å². The highest BCUT2D eigenvalue weighted by Crippen LogP contribution is 2.20. The second-order valence-corrected chi connectivity index (χ2v) is 5.64. The second kappa shape index (κ2) is 8.29. The largest absolute Gasteiger partial charge is 0.489 e. The number of ether oxygens (including phenoxy) is 1. The fraction of sp³-hybridized carbons (Fsp3) is 0.333. The zero-order valence-corrected chi connectivity index (χ0v) is 13.7. The minimum atomic E-state index is 0.398. The van der Waals surface area contributed by atoms with Gasteiger partial charge in [-0.05, 0) is 42.2 Å². The van der Waals surface area contributed by atoms with Crippen LogP contribution < -0.4 is 4.74 Å². The Bertz CT molecular complexity index is 647. The molecule has 0 aromatic heterocycles. The number of hydrogen-bond acceptors (Lipinski definition) is 1.